The van der Waals surface area contributed by atoms with Crippen molar-refractivity contribution in [3.63, 3.8) is 0 Å². The van der Waals surface area contributed by atoms with E-state index >= 15 is 0 Å². The molecule has 5 heteroatoms. The summed E-state index contributed by atoms with van der Waals surface area (Å²) >= 11 is 11.5. The maximum Gasteiger partial charge on any atom is 0.251 e. The van der Waals surface area contributed by atoms with Crippen LogP contribution in [0.4, 0.5) is 0 Å². The molecule has 0 heterocycles. The number of benzene rings is 1. The van der Waals surface area contributed by atoms with Gasteiger partial charge in [-0.3, -0.25) is 4.79 Å². The van der Waals surface area contributed by atoms with Gasteiger partial charge in [0, 0.05) is 18.2 Å². The van der Waals surface area contributed by atoms with Crippen molar-refractivity contribution in [3.8, 4) is 0 Å². The second kappa shape index (κ2) is 5.35. The number of halogens is 2. The second-order valence-electron chi connectivity index (χ2n) is 3.24. The zero-order valence-electron chi connectivity index (χ0n) is 8.26. The van der Waals surface area contributed by atoms with Crippen molar-refractivity contribution in [2.45, 2.75) is 13.0 Å². The third kappa shape index (κ3) is 3.38. The van der Waals surface area contributed by atoms with Crippen LogP contribution >= 0.6 is 23.2 Å². The minimum absolute atomic E-state index is 0.0630. The predicted octanol–water partition coefficient (Wildman–Crippen LogP) is 2.07. The molecule has 82 valence electrons. The van der Waals surface area contributed by atoms with Crippen LogP contribution in [0.5, 0.6) is 0 Å². The van der Waals surface area contributed by atoms with E-state index in [9.17, 15) is 4.79 Å². The zero-order valence-corrected chi connectivity index (χ0v) is 9.77. The molecule has 3 nitrogen and oxygen atoms in total. The van der Waals surface area contributed by atoms with E-state index in [2.05, 4.69) is 5.32 Å². The van der Waals surface area contributed by atoms with Crippen LogP contribution in [0.25, 0.3) is 0 Å². The van der Waals surface area contributed by atoms with Gasteiger partial charge in [-0.25, -0.2) is 0 Å². The van der Waals surface area contributed by atoms with Crippen molar-refractivity contribution in [2.24, 2.45) is 5.73 Å². The third-order valence-corrected chi connectivity index (χ3v) is 2.65. The van der Waals surface area contributed by atoms with Gasteiger partial charge in [0.05, 0.1) is 10.0 Å². The molecule has 0 aliphatic heterocycles. The molecule has 1 rings (SSSR count). The SMILES string of the molecule is C[C@@H](CN)NC(=O)c1ccc(Cl)c(Cl)c1. The first-order valence-corrected chi connectivity index (χ1v) is 5.26. The van der Waals surface area contributed by atoms with E-state index < -0.39 is 0 Å². The molecule has 0 bridgehead atoms. The maximum absolute atomic E-state index is 11.6. The number of rotatable bonds is 3. The highest BCUT2D eigenvalue weighted by atomic mass is 35.5. The smallest absolute Gasteiger partial charge is 0.251 e. The van der Waals surface area contributed by atoms with E-state index in [1.807, 2.05) is 6.92 Å². The number of hydrogen-bond acceptors (Lipinski definition) is 2. The Morgan fingerprint density at radius 1 is 1.47 bits per heavy atom. The molecule has 0 aliphatic rings. The van der Waals surface area contributed by atoms with E-state index in [-0.39, 0.29) is 11.9 Å². The summed E-state index contributed by atoms with van der Waals surface area (Å²) in [6.07, 6.45) is 0. The number of hydrogen-bond donors (Lipinski definition) is 2. The fraction of sp³-hybridized carbons (Fsp3) is 0.300. The summed E-state index contributed by atoms with van der Waals surface area (Å²) in [5, 5.41) is 3.52. The van der Waals surface area contributed by atoms with Crippen molar-refractivity contribution in [2.75, 3.05) is 6.54 Å². The molecule has 1 atom stereocenters. The lowest BCUT2D eigenvalue weighted by atomic mass is 10.2. The summed E-state index contributed by atoms with van der Waals surface area (Å²) in [7, 11) is 0. The number of nitrogens with two attached hydrogens (primary N) is 1. The largest absolute Gasteiger partial charge is 0.348 e. The highest BCUT2D eigenvalue weighted by molar-refractivity contribution is 6.42. The van der Waals surface area contributed by atoms with Gasteiger partial charge in [0.15, 0.2) is 0 Å². The lowest BCUT2D eigenvalue weighted by molar-refractivity contribution is 0.0941. The van der Waals surface area contributed by atoms with Crippen LogP contribution in [0.15, 0.2) is 18.2 Å². The second-order valence-corrected chi connectivity index (χ2v) is 4.05. The third-order valence-electron chi connectivity index (χ3n) is 1.91. The van der Waals surface area contributed by atoms with Gasteiger partial charge in [0.2, 0.25) is 0 Å². The molecule has 0 saturated carbocycles. The minimum Gasteiger partial charge on any atom is -0.348 e. The van der Waals surface area contributed by atoms with Crippen LogP contribution in [0, 0.1) is 0 Å². The first kappa shape index (κ1) is 12.3. The van der Waals surface area contributed by atoms with Crippen LogP contribution in [0.3, 0.4) is 0 Å². The van der Waals surface area contributed by atoms with Gasteiger partial charge in [0.1, 0.15) is 0 Å². The van der Waals surface area contributed by atoms with E-state index in [0.717, 1.165) is 0 Å². The predicted molar refractivity (Wildman–Crippen MR) is 62.4 cm³/mol. The van der Waals surface area contributed by atoms with Crippen LogP contribution in [-0.4, -0.2) is 18.5 Å². The molecule has 0 spiro atoms. The molecule has 0 aliphatic carbocycles. The quantitative estimate of drug-likeness (QED) is 0.859. The van der Waals surface area contributed by atoms with E-state index in [1.54, 1.807) is 12.1 Å². The summed E-state index contributed by atoms with van der Waals surface area (Å²) in [5.41, 5.74) is 5.87. The topological polar surface area (TPSA) is 55.1 Å². The van der Waals surface area contributed by atoms with Crippen molar-refractivity contribution >= 4 is 29.1 Å². The molecule has 1 aromatic rings. The Bertz CT molecular complexity index is 368. The first-order valence-electron chi connectivity index (χ1n) is 4.50. The molecular weight excluding hydrogens is 235 g/mol. The lowest BCUT2D eigenvalue weighted by Gasteiger charge is -2.11. The Morgan fingerprint density at radius 3 is 2.67 bits per heavy atom. The van der Waals surface area contributed by atoms with Gasteiger partial charge in [0.25, 0.3) is 5.91 Å². The number of carbonyl (C=O) groups excluding carboxylic acids is 1. The molecule has 1 aromatic carbocycles. The fourth-order valence-electron chi connectivity index (χ4n) is 1.00. The molecule has 0 unspecified atom stereocenters. The Balaban J connectivity index is 2.78. The Hall–Kier alpha value is -0.770. The van der Waals surface area contributed by atoms with Gasteiger partial charge in [-0.1, -0.05) is 23.2 Å². The van der Waals surface area contributed by atoms with Crippen molar-refractivity contribution in [3.05, 3.63) is 33.8 Å². The van der Waals surface area contributed by atoms with Crippen LogP contribution in [0.2, 0.25) is 10.0 Å². The minimum atomic E-state index is -0.202. The summed E-state index contributed by atoms with van der Waals surface area (Å²) in [6, 6.07) is 4.67. The average Bonchev–Trinajstić information content (AvgIpc) is 2.21. The number of carbonyl (C=O) groups is 1. The van der Waals surface area contributed by atoms with Crippen molar-refractivity contribution in [1.82, 2.24) is 5.32 Å². The number of amides is 1. The molecule has 0 radical (unpaired) electrons. The molecule has 3 N–H and O–H groups in total. The Kier molecular flexibility index (Phi) is 4.39. The van der Waals surface area contributed by atoms with Gasteiger partial charge in [-0.05, 0) is 25.1 Å². The monoisotopic (exact) mass is 246 g/mol. The van der Waals surface area contributed by atoms with Crippen molar-refractivity contribution in [1.29, 1.82) is 0 Å². The van der Waals surface area contributed by atoms with Crippen LogP contribution in [0.1, 0.15) is 17.3 Å². The van der Waals surface area contributed by atoms with Gasteiger partial charge < -0.3 is 11.1 Å². The van der Waals surface area contributed by atoms with E-state index in [1.165, 1.54) is 6.07 Å². The van der Waals surface area contributed by atoms with Gasteiger partial charge >= 0.3 is 0 Å². The standard InChI is InChI=1S/C10H12Cl2N2O/c1-6(5-13)14-10(15)7-2-3-8(11)9(12)4-7/h2-4,6H,5,13H2,1H3,(H,14,15)/t6-/m0/s1. The highest BCUT2D eigenvalue weighted by Gasteiger charge is 2.09. The van der Waals surface area contributed by atoms with Crippen molar-refractivity contribution < 1.29 is 4.79 Å². The van der Waals surface area contributed by atoms with Crippen LogP contribution < -0.4 is 11.1 Å². The zero-order chi connectivity index (χ0) is 11.4. The normalized spacial score (nSPS) is 12.3. The molecular formula is C10H12Cl2N2O. The molecule has 15 heavy (non-hydrogen) atoms. The lowest BCUT2D eigenvalue weighted by Crippen LogP contribution is -2.37. The van der Waals surface area contributed by atoms with E-state index in [0.29, 0.717) is 22.2 Å². The van der Waals surface area contributed by atoms with Gasteiger partial charge in [-0.2, -0.15) is 0 Å². The highest BCUT2D eigenvalue weighted by Crippen LogP contribution is 2.22. The molecule has 1 amide bonds. The first-order chi connectivity index (χ1) is 7.04. The average molecular weight is 247 g/mol. The van der Waals surface area contributed by atoms with Crippen LogP contribution in [-0.2, 0) is 0 Å². The summed E-state index contributed by atoms with van der Waals surface area (Å²) in [5.74, 6) is -0.202. The maximum atomic E-state index is 11.6. The van der Waals surface area contributed by atoms with E-state index in [4.69, 9.17) is 28.9 Å². The Morgan fingerprint density at radius 2 is 2.13 bits per heavy atom. The number of nitrogens with one attached hydrogen (secondary N) is 1. The summed E-state index contributed by atoms with van der Waals surface area (Å²) in [4.78, 5) is 11.6. The molecule has 0 fully saturated rings. The van der Waals surface area contributed by atoms with Gasteiger partial charge in [-0.15, -0.1) is 0 Å². The fourth-order valence-corrected chi connectivity index (χ4v) is 1.30. The summed E-state index contributed by atoms with van der Waals surface area (Å²) < 4.78 is 0. The molecule has 0 aromatic heterocycles. The summed E-state index contributed by atoms with van der Waals surface area (Å²) in [6.45, 7) is 2.22. The molecule has 0 saturated heterocycles. The Labute approximate surface area is 98.5 Å².